The van der Waals surface area contributed by atoms with Crippen LogP contribution in [0.4, 0.5) is 0 Å². The number of ether oxygens (including phenoxy) is 1. The Hall–Kier alpha value is -0.960. The highest BCUT2D eigenvalue weighted by molar-refractivity contribution is 7.57. The molecule has 1 unspecified atom stereocenters. The maximum Gasteiger partial charge on any atom is 0.306 e. The molecular weight excluding hydrogens is 339 g/mol. The Labute approximate surface area is 153 Å². The molecule has 0 aliphatic carbocycles. The summed E-state index contributed by atoms with van der Waals surface area (Å²) in [5.74, 6) is -0.605. The molecule has 25 heavy (non-hydrogen) atoms. The zero-order valence-electron chi connectivity index (χ0n) is 16.1. The Balaban J connectivity index is 4.03. The lowest BCUT2D eigenvalue weighted by Gasteiger charge is -2.17. The van der Waals surface area contributed by atoms with E-state index in [9.17, 15) is 14.4 Å². The maximum absolute atomic E-state index is 11.5. The lowest BCUT2D eigenvalue weighted by molar-refractivity contribution is -0.147. The Bertz CT molecular complexity index is 373. The molecule has 0 rings (SSSR count). The minimum Gasteiger partial charge on any atom is -0.481 e. The van der Waals surface area contributed by atoms with Gasteiger partial charge in [-0.3, -0.25) is 9.59 Å². The third kappa shape index (κ3) is 17.6. The summed E-state index contributed by atoms with van der Waals surface area (Å²) >= 11 is 0. The van der Waals surface area contributed by atoms with Crippen molar-refractivity contribution in [3.8, 4) is 0 Å². The smallest absolute Gasteiger partial charge is 0.306 e. The van der Waals surface area contributed by atoms with Gasteiger partial charge in [0, 0.05) is 19.3 Å². The number of carboxylic acids is 1. The Morgan fingerprint density at radius 1 is 0.840 bits per heavy atom. The van der Waals surface area contributed by atoms with E-state index in [0.717, 1.165) is 57.0 Å². The number of hydrogen-bond acceptors (Lipinski definition) is 4. The van der Waals surface area contributed by atoms with Gasteiger partial charge in [0.05, 0.1) is 6.10 Å². The number of carboxylic acid groups (broad SMARTS) is 1. The monoisotopic (exact) mass is 374 g/mol. The quantitative estimate of drug-likeness (QED) is 0.242. The van der Waals surface area contributed by atoms with E-state index in [2.05, 4.69) is 0 Å². The summed E-state index contributed by atoms with van der Waals surface area (Å²) in [5, 5.41) is 8.72. The standard InChI is InChI=1S/C19H35O5P/c1-16(2)24-19(23)12-6-9-15-25(13-7-4-10-17(3)20)14-8-5-11-18(21)22/h16H,4-15H2,1-3H3,(H,21,22). The van der Waals surface area contributed by atoms with Crippen molar-refractivity contribution in [2.75, 3.05) is 18.5 Å². The highest BCUT2D eigenvalue weighted by atomic mass is 31.1. The molecular formula is C19H35O5P. The molecule has 0 radical (unpaired) electrons. The summed E-state index contributed by atoms with van der Waals surface area (Å²) in [6, 6.07) is 0. The van der Waals surface area contributed by atoms with Crippen molar-refractivity contribution in [1.29, 1.82) is 0 Å². The number of hydrogen-bond donors (Lipinski definition) is 1. The van der Waals surface area contributed by atoms with Gasteiger partial charge in [0.15, 0.2) is 0 Å². The number of carbonyl (C=O) groups excluding carboxylic acids is 2. The van der Waals surface area contributed by atoms with Crippen LogP contribution in [0.15, 0.2) is 0 Å². The summed E-state index contributed by atoms with van der Waals surface area (Å²) in [7, 11) is -0.126. The third-order valence-corrected chi connectivity index (χ3v) is 6.69. The van der Waals surface area contributed by atoms with E-state index in [1.54, 1.807) is 6.92 Å². The molecule has 146 valence electrons. The van der Waals surface area contributed by atoms with Crippen molar-refractivity contribution in [1.82, 2.24) is 0 Å². The average molecular weight is 374 g/mol. The summed E-state index contributed by atoms with van der Waals surface area (Å²) in [5.41, 5.74) is 0. The molecule has 0 aromatic carbocycles. The lowest BCUT2D eigenvalue weighted by Crippen LogP contribution is -2.11. The molecule has 0 aliphatic rings. The molecule has 0 bridgehead atoms. The van der Waals surface area contributed by atoms with E-state index in [1.165, 1.54) is 0 Å². The van der Waals surface area contributed by atoms with Gasteiger partial charge in [0.1, 0.15) is 5.78 Å². The van der Waals surface area contributed by atoms with Gasteiger partial charge in [-0.1, -0.05) is 0 Å². The predicted molar refractivity (Wildman–Crippen MR) is 103 cm³/mol. The molecule has 0 heterocycles. The predicted octanol–water partition coefficient (Wildman–Crippen LogP) is 4.60. The number of aliphatic carboxylic acids is 1. The fourth-order valence-corrected chi connectivity index (χ4v) is 5.27. The van der Waals surface area contributed by atoms with Crippen molar-refractivity contribution in [3.05, 3.63) is 0 Å². The molecule has 0 aromatic rings. The van der Waals surface area contributed by atoms with E-state index >= 15 is 0 Å². The van der Waals surface area contributed by atoms with Gasteiger partial charge < -0.3 is 14.6 Å². The fraction of sp³-hybridized carbons (Fsp3) is 0.842. The molecule has 1 atom stereocenters. The normalized spacial score (nSPS) is 12.2. The molecule has 0 saturated heterocycles. The van der Waals surface area contributed by atoms with Crippen LogP contribution in [-0.4, -0.2) is 47.4 Å². The Morgan fingerprint density at radius 2 is 1.32 bits per heavy atom. The van der Waals surface area contributed by atoms with E-state index in [-0.39, 0.29) is 32.2 Å². The van der Waals surface area contributed by atoms with E-state index in [4.69, 9.17) is 9.84 Å². The van der Waals surface area contributed by atoms with Crippen LogP contribution < -0.4 is 0 Å². The second-order valence-electron chi connectivity index (χ2n) is 6.85. The zero-order valence-corrected chi connectivity index (χ0v) is 17.0. The Kier molecular flexibility index (Phi) is 14.7. The molecule has 0 fully saturated rings. The third-order valence-electron chi connectivity index (χ3n) is 3.84. The second kappa shape index (κ2) is 15.3. The number of carbonyl (C=O) groups is 3. The van der Waals surface area contributed by atoms with Gasteiger partial charge in [0.25, 0.3) is 0 Å². The van der Waals surface area contributed by atoms with Crippen LogP contribution in [0.5, 0.6) is 0 Å². The van der Waals surface area contributed by atoms with Gasteiger partial charge in [-0.05, 0) is 77.8 Å². The minimum absolute atomic E-state index is 0.0554. The van der Waals surface area contributed by atoms with Crippen LogP contribution >= 0.6 is 7.92 Å². The summed E-state index contributed by atoms with van der Waals surface area (Å²) in [4.78, 5) is 33.2. The van der Waals surface area contributed by atoms with E-state index in [0.29, 0.717) is 12.8 Å². The second-order valence-corrected chi connectivity index (χ2v) is 9.53. The molecule has 0 spiro atoms. The minimum atomic E-state index is -0.727. The maximum atomic E-state index is 11.5. The van der Waals surface area contributed by atoms with Gasteiger partial charge >= 0.3 is 11.9 Å². The topological polar surface area (TPSA) is 80.7 Å². The lowest BCUT2D eigenvalue weighted by atomic mass is 10.2. The van der Waals surface area contributed by atoms with E-state index < -0.39 is 5.97 Å². The van der Waals surface area contributed by atoms with Crippen molar-refractivity contribution < 1.29 is 24.2 Å². The number of unbranched alkanes of at least 4 members (excludes halogenated alkanes) is 3. The number of rotatable bonds is 16. The Morgan fingerprint density at radius 3 is 1.76 bits per heavy atom. The van der Waals surface area contributed by atoms with Crippen LogP contribution in [0.25, 0.3) is 0 Å². The van der Waals surface area contributed by atoms with Crippen LogP contribution in [0.1, 0.15) is 78.6 Å². The summed E-state index contributed by atoms with van der Waals surface area (Å²) in [6.07, 6.45) is 10.3. The van der Waals surface area contributed by atoms with Crippen LogP contribution in [0.2, 0.25) is 0 Å². The summed E-state index contributed by atoms with van der Waals surface area (Å²) < 4.78 is 5.14. The zero-order chi connectivity index (χ0) is 19.1. The van der Waals surface area contributed by atoms with Crippen LogP contribution in [-0.2, 0) is 19.1 Å². The van der Waals surface area contributed by atoms with Gasteiger partial charge in [-0.2, -0.15) is 0 Å². The molecule has 0 saturated carbocycles. The SMILES string of the molecule is CC(=O)CCCCP(CCCCC(=O)O)CCCCC(=O)OC(C)C. The van der Waals surface area contributed by atoms with E-state index in [1.807, 2.05) is 13.8 Å². The largest absolute Gasteiger partial charge is 0.481 e. The van der Waals surface area contributed by atoms with Crippen molar-refractivity contribution in [2.45, 2.75) is 84.7 Å². The first kappa shape index (κ1) is 24.0. The van der Waals surface area contributed by atoms with Gasteiger partial charge in [-0.15, -0.1) is 7.92 Å². The highest BCUT2D eigenvalue weighted by Gasteiger charge is 2.10. The van der Waals surface area contributed by atoms with Crippen molar-refractivity contribution in [3.63, 3.8) is 0 Å². The highest BCUT2D eigenvalue weighted by Crippen LogP contribution is 2.39. The van der Waals surface area contributed by atoms with Crippen molar-refractivity contribution in [2.24, 2.45) is 0 Å². The van der Waals surface area contributed by atoms with Gasteiger partial charge in [0.2, 0.25) is 0 Å². The average Bonchev–Trinajstić information content (AvgIpc) is 2.50. The van der Waals surface area contributed by atoms with Crippen molar-refractivity contribution >= 4 is 25.6 Å². The first-order valence-corrected chi connectivity index (χ1v) is 11.3. The molecule has 6 heteroatoms. The number of esters is 1. The van der Waals surface area contributed by atoms with Gasteiger partial charge in [-0.25, -0.2) is 0 Å². The van der Waals surface area contributed by atoms with Crippen LogP contribution in [0, 0.1) is 0 Å². The molecule has 0 amide bonds. The van der Waals surface area contributed by atoms with Crippen LogP contribution in [0.3, 0.4) is 0 Å². The first-order valence-electron chi connectivity index (χ1n) is 9.44. The first-order chi connectivity index (χ1) is 11.8. The summed E-state index contributed by atoms with van der Waals surface area (Å²) in [6.45, 7) is 5.34. The number of ketones is 1. The molecule has 0 aromatic heterocycles. The fourth-order valence-electron chi connectivity index (χ4n) is 2.58. The molecule has 5 nitrogen and oxygen atoms in total. The molecule has 1 N–H and O–H groups in total. The molecule has 0 aliphatic heterocycles. The number of Topliss-reactive ketones (excluding diaryl/α,β-unsaturated/α-hetero) is 1.